The van der Waals surface area contributed by atoms with E-state index in [1.165, 1.54) is 0 Å². The highest BCUT2D eigenvalue weighted by Gasteiger charge is 2.23. The Morgan fingerprint density at radius 2 is 2.00 bits per heavy atom. The molecule has 4 heteroatoms. The number of halogens is 1. The van der Waals surface area contributed by atoms with Gasteiger partial charge in [-0.2, -0.15) is 0 Å². The van der Waals surface area contributed by atoms with Gasteiger partial charge in [-0.25, -0.2) is 0 Å². The van der Waals surface area contributed by atoms with Gasteiger partial charge in [0, 0.05) is 29.4 Å². The van der Waals surface area contributed by atoms with Crippen LogP contribution in [-0.2, 0) is 4.74 Å². The van der Waals surface area contributed by atoms with Gasteiger partial charge in [0.15, 0.2) is 6.29 Å². The number of rotatable bonds is 2. The molecule has 0 unspecified atom stereocenters. The van der Waals surface area contributed by atoms with Crippen LogP contribution in [0.15, 0.2) is 18.2 Å². The molecule has 1 heterocycles. The normalized spacial score (nSPS) is 24.8. The summed E-state index contributed by atoms with van der Waals surface area (Å²) in [7, 11) is 0. The van der Waals surface area contributed by atoms with E-state index < -0.39 is 0 Å². The number of aldehydes is 1. The second-order valence-electron chi connectivity index (χ2n) is 4.48. The smallest absolute Gasteiger partial charge is 0.152 e. The second kappa shape index (κ2) is 5.07. The molecule has 1 aromatic rings. The zero-order chi connectivity index (χ0) is 12.4. The fraction of sp³-hybridized carbons (Fsp3) is 0.462. The highest BCUT2D eigenvalue weighted by molar-refractivity contribution is 6.31. The summed E-state index contributed by atoms with van der Waals surface area (Å²) in [5.74, 6) is 0. The lowest BCUT2D eigenvalue weighted by Crippen LogP contribution is -2.45. The van der Waals surface area contributed by atoms with Gasteiger partial charge >= 0.3 is 0 Å². The first-order valence-electron chi connectivity index (χ1n) is 5.75. The van der Waals surface area contributed by atoms with E-state index in [9.17, 15) is 4.79 Å². The fourth-order valence-corrected chi connectivity index (χ4v) is 2.43. The van der Waals surface area contributed by atoms with Crippen LogP contribution in [0.3, 0.4) is 0 Å². The Bertz CT molecular complexity index is 412. The van der Waals surface area contributed by atoms with Crippen LogP contribution < -0.4 is 4.90 Å². The van der Waals surface area contributed by atoms with E-state index in [0.717, 1.165) is 25.1 Å². The third-order valence-electron chi connectivity index (χ3n) is 2.88. The van der Waals surface area contributed by atoms with Crippen LogP contribution >= 0.6 is 11.6 Å². The van der Waals surface area contributed by atoms with Crippen LogP contribution in [-0.4, -0.2) is 31.6 Å². The maximum Gasteiger partial charge on any atom is 0.152 e. The van der Waals surface area contributed by atoms with E-state index in [1.54, 1.807) is 12.1 Å². The van der Waals surface area contributed by atoms with Crippen LogP contribution in [0.2, 0.25) is 5.02 Å². The average molecular weight is 254 g/mol. The molecule has 0 bridgehead atoms. The molecule has 0 amide bonds. The molecule has 0 aromatic heterocycles. The van der Waals surface area contributed by atoms with Crippen LogP contribution in [0.25, 0.3) is 0 Å². The van der Waals surface area contributed by atoms with Crippen molar-refractivity contribution in [1.29, 1.82) is 0 Å². The van der Waals surface area contributed by atoms with E-state index >= 15 is 0 Å². The summed E-state index contributed by atoms with van der Waals surface area (Å²) in [6.07, 6.45) is 1.20. The summed E-state index contributed by atoms with van der Waals surface area (Å²) in [5, 5.41) is 0.650. The zero-order valence-electron chi connectivity index (χ0n) is 10.0. The highest BCUT2D eigenvalue weighted by Crippen LogP contribution is 2.26. The number of benzene rings is 1. The van der Waals surface area contributed by atoms with Crippen molar-refractivity contribution in [3.63, 3.8) is 0 Å². The van der Waals surface area contributed by atoms with Gasteiger partial charge in [-0.3, -0.25) is 4.79 Å². The Morgan fingerprint density at radius 1 is 1.35 bits per heavy atom. The minimum Gasteiger partial charge on any atom is -0.372 e. The SMILES string of the molecule is C[C@@H]1CN(c2cc(Cl)ccc2C=O)C[C@H](C)O1. The van der Waals surface area contributed by atoms with Gasteiger partial charge in [-0.05, 0) is 32.0 Å². The molecule has 1 aromatic carbocycles. The summed E-state index contributed by atoms with van der Waals surface area (Å²) in [4.78, 5) is 13.2. The molecule has 3 nitrogen and oxygen atoms in total. The Morgan fingerprint density at radius 3 is 2.59 bits per heavy atom. The number of hydrogen-bond donors (Lipinski definition) is 0. The monoisotopic (exact) mass is 253 g/mol. The van der Waals surface area contributed by atoms with Gasteiger partial charge in [-0.1, -0.05) is 11.6 Å². The maximum atomic E-state index is 11.0. The summed E-state index contributed by atoms with van der Waals surface area (Å²) < 4.78 is 5.68. The molecular weight excluding hydrogens is 238 g/mol. The molecule has 1 aliphatic rings. The van der Waals surface area contributed by atoms with Crippen molar-refractivity contribution in [1.82, 2.24) is 0 Å². The summed E-state index contributed by atoms with van der Waals surface area (Å²) in [5.41, 5.74) is 1.57. The topological polar surface area (TPSA) is 29.5 Å². The predicted octanol–water partition coefficient (Wildman–Crippen LogP) is 2.77. The van der Waals surface area contributed by atoms with Crippen LogP contribution in [0.5, 0.6) is 0 Å². The van der Waals surface area contributed by atoms with Gasteiger partial charge in [-0.15, -0.1) is 0 Å². The Labute approximate surface area is 106 Å². The summed E-state index contributed by atoms with van der Waals surface area (Å²) >= 11 is 5.99. The van der Waals surface area contributed by atoms with Crippen molar-refractivity contribution >= 4 is 23.6 Å². The van der Waals surface area contributed by atoms with Crippen molar-refractivity contribution in [2.45, 2.75) is 26.1 Å². The van der Waals surface area contributed by atoms with E-state index in [0.29, 0.717) is 10.6 Å². The Hall–Kier alpha value is -1.06. The predicted molar refractivity (Wildman–Crippen MR) is 69.1 cm³/mol. The highest BCUT2D eigenvalue weighted by atomic mass is 35.5. The van der Waals surface area contributed by atoms with Crippen LogP contribution in [0.4, 0.5) is 5.69 Å². The number of carbonyl (C=O) groups excluding carboxylic acids is 1. The lowest BCUT2D eigenvalue weighted by molar-refractivity contribution is -0.00525. The maximum absolute atomic E-state index is 11.0. The van der Waals surface area contributed by atoms with Crippen LogP contribution in [0.1, 0.15) is 24.2 Å². The number of nitrogens with zero attached hydrogens (tertiary/aromatic N) is 1. The number of ether oxygens (including phenoxy) is 1. The lowest BCUT2D eigenvalue weighted by Gasteiger charge is -2.37. The quantitative estimate of drug-likeness (QED) is 0.759. The molecule has 1 fully saturated rings. The molecule has 2 atom stereocenters. The minimum absolute atomic E-state index is 0.164. The van der Waals surface area contributed by atoms with Gasteiger partial charge < -0.3 is 9.64 Å². The van der Waals surface area contributed by atoms with E-state index in [-0.39, 0.29) is 12.2 Å². The van der Waals surface area contributed by atoms with Crippen molar-refractivity contribution in [2.24, 2.45) is 0 Å². The standard InChI is InChI=1S/C13H16ClNO2/c1-9-6-15(7-10(2)17-9)13-5-12(14)4-3-11(13)8-16/h3-5,8-10H,6-7H2,1-2H3/t9-,10+. The van der Waals surface area contributed by atoms with Crippen molar-refractivity contribution in [3.8, 4) is 0 Å². The third kappa shape index (κ3) is 2.79. The van der Waals surface area contributed by atoms with Gasteiger partial charge in [0.2, 0.25) is 0 Å². The number of morpholine rings is 1. The molecule has 0 aliphatic carbocycles. The lowest BCUT2D eigenvalue weighted by atomic mass is 10.1. The molecule has 17 heavy (non-hydrogen) atoms. The Balaban J connectivity index is 2.31. The Kier molecular flexibility index (Phi) is 3.69. The fourth-order valence-electron chi connectivity index (χ4n) is 2.26. The molecular formula is C13H16ClNO2. The molecule has 92 valence electrons. The van der Waals surface area contributed by atoms with Gasteiger partial charge in [0.25, 0.3) is 0 Å². The molecule has 2 rings (SSSR count). The molecule has 0 radical (unpaired) electrons. The largest absolute Gasteiger partial charge is 0.372 e. The molecule has 0 saturated carbocycles. The molecule has 1 aliphatic heterocycles. The first kappa shape index (κ1) is 12.4. The first-order valence-corrected chi connectivity index (χ1v) is 6.13. The van der Waals surface area contributed by atoms with Crippen LogP contribution in [0, 0.1) is 0 Å². The van der Waals surface area contributed by atoms with Gasteiger partial charge in [0.1, 0.15) is 0 Å². The van der Waals surface area contributed by atoms with E-state index in [2.05, 4.69) is 4.90 Å². The first-order chi connectivity index (χ1) is 8.10. The molecule has 0 N–H and O–H groups in total. The van der Waals surface area contributed by atoms with Crippen molar-refractivity contribution < 1.29 is 9.53 Å². The summed E-state index contributed by atoms with van der Waals surface area (Å²) in [6, 6.07) is 5.34. The number of hydrogen-bond acceptors (Lipinski definition) is 3. The molecule has 1 saturated heterocycles. The third-order valence-corrected chi connectivity index (χ3v) is 3.11. The van der Waals surface area contributed by atoms with Gasteiger partial charge in [0.05, 0.1) is 12.2 Å². The zero-order valence-corrected chi connectivity index (χ0v) is 10.8. The van der Waals surface area contributed by atoms with Crippen molar-refractivity contribution in [2.75, 3.05) is 18.0 Å². The minimum atomic E-state index is 0.164. The summed E-state index contributed by atoms with van der Waals surface area (Å²) in [6.45, 7) is 5.64. The molecule has 0 spiro atoms. The number of carbonyl (C=O) groups is 1. The number of anilines is 1. The van der Waals surface area contributed by atoms with E-state index in [1.807, 2.05) is 19.9 Å². The van der Waals surface area contributed by atoms with E-state index in [4.69, 9.17) is 16.3 Å². The second-order valence-corrected chi connectivity index (χ2v) is 4.92. The average Bonchev–Trinajstić information content (AvgIpc) is 2.27. The van der Waals surface area contributed by atoms with Crippen molar-refractivity contribution in [3.05, 3.63) is 28.8 Å².